The highest BCUT2D eigenvalue weighted by molar-refractivity contribution is 4.83. The molecule has 1 aromatic heterocycles. The first-order valence-corrected chi connectivity index (χ1v) is 4.85. The van der Waals surface area contributed by atoms with Crippen LogP contribution in [0.4, 0.5) is 0 Å². The van der Waals surface area contributed by atoms with Gasteiger partial charge in [0.05, 0.1) is 0 Å². The third-order valence-electron chi connectivity index (χ3n) is 1.96. The molecule has 0 atom stereocenters. The van der Waals surface area contributed by atoms with Crippen LogP contribution in [0.3, 0.4) is 0 Å². The largest absolute Gasteiger partial charge is 0.441 e. The fraction of sp³-hybridized carbons (Fsp3) is 0.778. The molecule has 74 valence electrons. The molecule has 1 rings (SSSR count). The lowest BCUT2D eigenvalue weighted by molar-refractivity contribution is 0.372. The normalized spacial score (nSPS) is 10.6. The number of aromatic nitrogens is 2. The van der Waals surface area contributed by atoms with Crippen LogP contribution in [0, 0.1) is 0 Å². The van der Waals surface area contributed by atoms with Crippen LogP contribution in [0.2, 0.25) is 0 Å². The summed E-state index contributed by atoms with van der Waals surface area (Å²) < 4.78 is 6.22. The van der Waals surface area contributed by atoms with Gasteiger partial charge < -0.3 is 0 Å². The average molecular weight is 184 g/mol. The van der Waals surface area contributed by atoms with Gasteiger partial charge in [-0.15, -0.1) is 0 Å². The van der Waals surface area contributed by atoms with Crippen molar-refractivity contribution in [1.82, 2.24) is 9.72 Å². The van der Waals surface area contributed by atoms with Crippen molar-refractivity contribution in [3.8, 4) is 0 Å². The minimum absolute atomic E-state index is 0.326. The van der Waals surface area contributed by atoms with Gasteiger partial charge >= 0.3 is 5.76 Å². The first kappa shape index (κ1) is 10.0. The summed E-state index contributed by atoms with van der Waals surface area (Å²) in [6, 6.07) is 0. The van der Waals surface area contributed by atoms with E-state index in [9.17, 15) is 4.79 Å². The zero-order valence-corrected chi connectivity index (χ0v) is 8.25. The van der Waals surface area contributed by atoms with Gasteiger partial charge in [-0.1, -0.05) is 25.4 Å². The van der Waals surface area contributed by atoms with E-state index in [1.165, 1.54) is 0 Å². The molecule has 0 aliphatic carbocycles. The Kier molecular flexibility index (Phi) is 3.73. The third kappa shape index (κ3) is 2.44. The minimum atomic E-state index is -0.326. The van der Waals surface area contributed by atoms with E-state index in [1.54, 1.807) is 4.57 Å². The van der Waals surface area contributed by atoms with E-state index >= 15 is 0 Å². The molecule has 0 amide bonds. The molecule has 0 N–H and O–H groups in total. The predicted molar refractivity (Wildman–Crippen MR) is 49.7 cm³/mol. The molecule has 0 spiro atoms. The van der Waals surface area contributed by atoms with Gasteiger partial charge in [0, 0.05) is 13.0 Å². The summed E-state index contributed by atoms with van der Waals surface area (Å²) in [4.78, 5) is 11.1. The van der Waals surface area contributed by atoms with Crippen molar-refractivity contribution < 1.29 is 4.52 Å². The second kappa shape index (κ2) is 4.84. The Morgan fingerprint density at radius 2 is 2.15 bits per heavy atom. The maximum Gasteiger partial charge on any atom is 0.441 e. The fourth-order valence-electron chi connectivity index (χ4n) is 1.26. The van der Waals surface area contributed by atoms with Crippen molar-refractivity contribution in [1.29, 1.82) is 0 Å². The highest BCUT2D eigenvalue weighted by atomic mass is 16.5. The first-order chi connectivity index (χ1) is 6.29. The van der Waals surface area contributed by atoms with Crippen LogP contribution in [-0.4, -0.2) is 9.72 Å². The van der Waals surface area contributed by atoms with E-state index in [0.29, 0.717) is 6.54 Å². The van der Waals surface area contributed by atoms with Gasteiger partial charge in [-0.25, -0.2) is 4.79 Å². The summed E-state index contributed by atoms with van der Waals surface area (Å²) in [5.41, 5.74) is 0. The summed E-state index contributed by atoms with van der Waals surface area (Å²) in [7, 11) is 0. The monoisotopic (exact) mass is 184 g/mol. The lowest BCUT2D eigenvalue weighted by Crippen LogP contribution is -2.16. The Morgan fingerprint density at radius 1 is 1.38 bits per heavy atom. The van der Waals surface area contributed by atoms with Crippen LogP contribution in [0.25, 0.3) is 0 Å². The molecule has 4 heteroatoms. The van der Waals surface area contributed by atoms with E-state index < -0.39 is 0 Å². The number of rotatable bonds is 5. The quantitative estimate of drug-likeness (QED) is 0.698. The molecule has 0 aliphatic heterocycles. The molecular formula is C9H16N2O2. The number of hydrogen-bond acceptors (Lipinski definition) is 3. The molecule has 0 saturated carbocycles. The molecular weight excluding hydrogens is 168 g/mol. The van der Waals surface area contributed by atoms with Crippen molar-refractivity contribution >= 4 is 0 Å². The SMILES string of the molecule is CCCCc1noc(=O)n1CCC. The first-order valence-electron chi connectivity index (χ1n) is 4.85. The fourth-order valence-corrected chi connectivity index (χ4v) is 1.26. The van der Waals surface area contributed by atoms with Gasteiger partial charge in [0.2, 0.25) is 0 Å². The standard InChI is InChI=1S/C9H16N2O2/c1-3-5-6-8-10-13-9(12)11(8)7-4-2/h3-7H2,1-2H3. The van der Waals surface area contributed by atoms with E-state index in [0.717, 1.165) is 31.5 Å². The molecule has 4 nitrogen and oxygen atoms in total. The Morgan fingerprint density at radius 3 is 2.77 bits per heavy atom. The van der Waals surface area contributed by atoms with Gasteiger partial charge in [-0.2, -0.15) is 0 Å². The lowest BCUT2D eigenvalue weighted by atomic mass is 10.2. The topological polar surface area (TPSA) is 48.0 Å². The molecule has 0 unspecified atom stereocenters. The summed E-state index contributed by atoms with van der Waals surface area (Å²) in [6.45, 7) is 4.85. The molecule has 0 bridgehead atoms. The van der Waals surface area contributed by atoms with Gasteiger partial charge in [0.25, 0.3) is 0 Å². The van der Waals surface area contributed by atoms with Crippen molar-refractivity contribution in [2.45, 2.75) is 46.1 Å². The van der Waals surface area contributed by atoms with E-state index in [2.05, 4.69) is 16.6 Å². The molecule has 1 aromatic rings. The summed E-state index contributed by atoms with van der Waals surface area (Å²) in [6.07, 6.45) is 3.92. The summed E-state index contributed by atoms with van der Waals surface area (Å²) in [5.74, 6) is 0.460. The van der Waals surface area contributed by atoms with E-state index in [1.807, 2.05) is 6.92 Å². The predicted octanol–water partition coefficient (Wildman–Crippen LogP) is 1.59. The maximum atomic E-state index is 11.1. The number of hydrogen-bond donors (Lipinski definition) is 0. The van der Waals surface area contributed by atoms with Crippen LogP contribution < -0.4 is 5.76 Å². The lowest BCUT2D eigenvalue weighted by Gasteiger charge is -2.00. The van der Waals surface area contributed by atoms with Crippen LogP contribution in [-0.2, 0) is 13.0 Å². The van der Waals surface area contributed by atoms with Gasteiger partial charge in [0.15, 0.2) is 5.82 Å². The molecule has 0 radical (unpaired) electrons. The zero-order valence-electron chi connectivity index (χ0n) is 8.25. The van der Waals surface area contributed by atoms with Crippen molar-refractivity contribution in [2.24, 2.45) is 0 Å². The average Bonchev–Trinajstić information content (AvgIpc) is 2.46. The Labute approximate surface area is 77.5 Å². The van der Waals surface area contributed by atoms with E-state index in [4.69, 9.17) is 0 Å². The van der Waals surface area contributed by atoms with Gasteiger partial charge in [-0.05, 0) is 12.8 Å². The minimum Gasteiger partial charge on any atom is -0.296 e. The molecule has 0 aromatic carbocycles. The molecule has 0 fully saturated rings. The molecule has 0 aliphatic rings. The molecule has 1 heterocycles. The van der Waals surface area contributed by atoms with Crippen molar-refractivity contribution in [2.75, 3.05) is 0 Å². The number of unbranched alkanes of at least 4 members (excludes halogenated alkanes) is 1. The zero-order chi connectivity index (χ0) is 9.68. The van der Waals surface area contributed by atoms with Gasteiger partial charge in [-0.3, -0.25) is 9.09 Å². The van der Waals surface area contributed by atoms with E-state index in [-0.39, 0.29) is 5.76 Å². The Bertz CT molecular complexity index is 301. The highest BCUT2D eigenvalue weighted by Gasteiger charge is 2.07. The Balaban J connectivity index is 2.74. The Hall–Kier alpha value is -1.06. The van der Waals surface area contributed by atoms with Crippen LogP contribution in [0.5, 0.6) is 0 Å². The van der Waals surface area contributed by atoms with Crippen LogP contribution >= 0.6 is 0 Å². The third-order valence-corrected chi connectivity index (χ3v) is 1.96. The number of nitrogens with zero attached hydrogens (tertiary/aromatic N) is 2. The number of aryl methyl sites for hydroxylation is 1. The van der Waals surface area contributed by atoms with Crippen molar-refractivity contribution in [3.05, 3.63) is 16.4 Å². The maximum absolute atomic E-state index is 11.1. The summed E-state index contributed by atoms with van der Waals surface area (Å²) >= 11 is 0. The van der Waals surface area contributed by atoms with Crippen LogP contribution in [0.1, 0.15) is 38.9 Å². The van der Waals surface area contributed by atoms with Gasteiger partial charge in [0.1, 0.15) is 0 Å². The smallest absolute Gasteiger partial charge is 0.296 e. The molecule has 13 heavy (non-hydrogen) atoms. The molecule has 0 saturated heterocycles. The van der Waals surface area contributed by atoms with Crippen LogP contribution in [0.15, 0.2) is 9.32 Å². The second-order valence-corrected chi connectivity index (χ2v) is 3.12. The van der Waals surface area contributed by atoms with Crippen molar-refractivity contribution in [3.63, 3.8) is 0 Å². The summed E-state index contributed by atoms with van der Waals surface area (Å²) in [5, 5.41) is 3.75. The second-order valence-electron chi connectivity index (χ2n) is 3.12. The highest BCUT2D eigenvalue weighted by Crippen LogP contribution is 2.00.